The zero-order valence-corrected chi connectivity index (χ0v) is 7.06. The monoisotopic (exact) mass is 161 g/mol. The van der Waals surface area contributed by atoms with Gasteiger partial charge in [-0.1, -0.05) is 0 Å². The average Bonchev–Trinajstić information content (AvgIpc) is 2.37. The second-order valence-corrected chi connectivity index (χ2v) is 3.31. The van der Waals surface area contributed by atoms with Crippen molar-refractivity contribution in [2.45, 2.75) is 6.42 Å². The number of nitrogens with zero attached hydrogens (tertiary/aromatic N) is 1. The Hall–Kier alpha value is 0.270. The lowest BCUT2D eigenvalue weighted by atomic mass is 10.1. The molecule has 1 atom stereocenters. The molecule has 0 aromatic heterocycles. The number of hydrogen-bond acceptors (Lipinski definition) is 3. The molecule has 1 fully saturated rings. The summed E-state index contributed by atoms with van der Waals surface area (Å²) in [6.45, 7) is 3.63. The SMILES string of the molecule is OCC1CCN(CCS)C1. The summed E-state index contributed by atoms with van der Waals surface area (Å²) >= 11 is 4.15. The molecule has 0 aromatic rings. The first-order valence-corrected chi connectivity index (χ1v) is 4.44. The molecule has 1 unspecified atom stereocenters. The smallest absolute Gasteiger partial charge is 0.0471 e. The largest absolute Gasteiger partial charge is 0.396 e. The third-order valence-electron chi connectivity index (χ3n) is 2.04. The molecule has 3 heteroatoms. The van der Waals surface area contributed by atoms with E-state index in [1.54, 1.807) is 0 Å². The third-order valence-corrected chi connectivity index (χ3v) is 2.24. The van der Waals surface area contributed by atoms with Crippen LogP contribution in [-0.2, 0) is 0 Å². The van der Waals surface area contributed by atoms with Crippen LogP contribution in [0.5, 0.6) is 0 Å². The van der Waals surface area contributed by atoms with Crippen LogP contribution in [0, 0.1) is 5.92 Å². The maximum Gasteiger partial charge on any atom is 0.0471 e. The first kappa shape index (κ1) is 8.37. The van der Waals surface area contributed by atoms with Crippen LogP contribution in [0.4, 0.5) is 0 Å². The van der Waals surface area contributed by atoms with Crippen molar-refractivity contribution >= 4 is 12.6 Å². The summed E-state index contributed by atoms with van der Waals surface area (Å²) in [5.41, 5.74) is 0. The first-order chi connectivity index (χ1) is 4.86. The fourth-order valence-electron chi connectivity index (χ4n) is 1.41. The Labute approximate surface area is 67.6 Å². The molecule has 1 heterocycles. The quantitative estimate of drug-likeness (QED) is 0.579. The average molecular weight is 161 g/mol. The molecule has 0 aromatic carbocycles. The van der Waals surface area contributed by atoms with E-state index in [0.717, 1.165) is 31.8 Å². The van der Waals surface area contributed by atoms with Crippen molar-refractivity contribution in [1.82, 2.24) is 4.90 Å². The van der Waals surface area contributed by atoms with E-state index in [9.17, 15) is 0 Å². The second-order valence-electron chi connectivity index (χ2n) is 2.86. The molecular weight excluding hydrogens is 146 g/mol. The zero-order valence-electron chi connectivity index (χ0n) is 6.16. The molecule has 0 aliphatic carbocycles. The van der Waals surface area contributed by atoms with Gasteiger partial charge in [0, 0.05) is 25.4 Å². The standard InChI is InChI=1S/C7H15NOS/c9-6-7-1-2-8(5-7)3-4-10/h7,9-10H,1-6H2. The summed E-state index contributed by atoms with van der Waals surface area (Å²) in [5.74, 6) is 1.46. The van der Waals surface area contributed by atoms with Crippen LogP contribution in [0.15, 0.2) is 0 Å². The van der Waals surface area contributed by atoms with Crippen molar-refractivity contribution in [3.05, 3.63) is 0 Å². The summed E-state index contributed by atoms with van der Waals surface area (Å²) in [5, 5.41) is 8.81. The predicted molar refractivity (Wildman–Crippen MR) is 45.5 cm³/mol. The van der Waals surface area contributed by atoms with Crippen LogP contribution in [0.2, 0.25) is 0 Å². The zero-order chi connectivity index (χ0) is 7.40. The molecular formula is C7H15NOS. The molecule has 1 saturated heterocycles. The molecule has 60 valence electrons. The lowest BCUT2D eigenvalue weighted by Crippen LogP contribution is -2.23. The van der Waals surface area contributed by atoms with Gasteiger partial charge in [-0.3, -0.25) is 0 Å². The number of aliphatic hydroxyl groups excluding tert-OH is 1. The van der Waals surface area contributed by atoms with E-state index in [2.05, 4.69) is 17.5 Å². The third kappa shape index (κ3) is 2.15. The van der Waals surface area contributed by atoms with Crippen molar-refractivity contribution in [3.63, 3.8) is 0 Å². The van der Waals surface area contributed by atoms with Gasteiger partial charge >= 0.3 is 0 Å². The molecule has 10 heavy (non-hydrogen) atoms. The topological polar surface area (TPSA) is 23.5 Å². The van der Waals surface area contributed by atoms with Crippen molar-refractivity contribution in [2.24, 2.45) is 5.92 Å². The van der Waals surface area contributed by atoms with Gasteiger partial charge in [0.1, 0.15) is 0 Å². The van der Waals surface area contributed by atoms with E-state index in [1.165, 1.54) is 0 Å². The Balaban J connectivity index is 2.15. The van der Waals surface area contributed by atoms with Gasteiger partial charge in [0.15, 0.2) is 0 Å². The first-order valence-electron chi connectivity index (χ1n) is 3.81. The number of hydrogen-bond donors (Lipinski definition) is 2. The minimum absolute atomic E-state index is 0.350. The normalized spacial score (nSPS) is 27.6. The number of rotatable bonds is 3. The van der Waals surface area contributed by atoms with Crippen molar-refractivity contribution in [3.8, 4) is 0 Å². The van der Waals surface area contributed by atoms with Crippen LogP contribution in [0.25, 0.3) is 0 Å². The molecule has 1 N–H and O–H groups in total. The Morgan fingerprint density at radius 2 is 2.40 bits per heavy atom. The lowest BCUT2D eigenvalue weighted by molar-refractivity contribution is 0.224. The predicted octanol–water partition coefficient (Wildman–Crippen LogP) is 0.230. The minimum Gasteiger partial charge on any atom is -0.396 e. The number of aliphatic hydroxyl groups is 1. The van der Waals surface area contributed by atoms with Gasteiger partial charge in [0.2, 0.25) is 0 Å². The fraction of sp³-hybridized carbons (Fsp3) is 1.00. The van der Waals surface area contributed by atoms with Crippen LogP contribution in [-0.4, -0.2) is 42.0 Å². The highest BCUT2D eigenvalue weighted by Gasteiger charge is 2.20. The van der Waals surface area contributed by atoms with Gasteiger partial charge < -0.3 is 10.0 Å². The summed E-state index contributed by atoms with van der Waals surface area (Å²) < 4.78 is 0. The summed E-state index contributed by atoms with van der Waals surface area (Å²) in [6.07, 6.45) is 1.16. The lowest BCUT2D eigenvalue weighted by Gasteiger charge is -2.12. The Bertz CT molecular complexity index is 99.6. The highest BCUT2D eigenvalue weighted by Crippen LogP contribution is 2.14. The molecule has 0 saturated carbocycles. The molecule has 1 rings (SSSR count). The fourth-order valence-corrected chi connectivity index (χ4v) is 1.69. The minimum atomic E-state index is 0.350. The van der Waals surface area contributed by atoms with Crippen molar-refractivity contribution < 1.29 is 5.11 Å². The van der Waals surface area contributed by atoms with Crippen molar-refractivity contribution in [1.29, 1.82) is 0 Å². The van der Waals surface area contributed by atoms with E-state index < -0.39 is 0 Å². The van der Waals surface area contributed by atoms with Crippen LogP contribution in [0.3, 0.4) is 0 Å². The Kier molecular flexibility index (Phi) is 3.52. The molecule has 0 bridgehead atoms. The van der Waals surface area contributed by atoms with Gasteiger partial charge in [-0.15, -0.1) is 0 Å². The molecule has 1 aliphatic heterocycles. The highest BCUT2D eigenvalue weighted by molar-refractivity contribution is 7.80. The molecule has 0 spiro atoms. The van der Waals surface area contributed by atoms with E-state index in [1.807, 2.05) is 0 Å². The summed E-state index contributed by atoms with van der Waals surface area (Å²) in [7, 11) is 0. The number of thiol groups is 1. The van der Waals surface area contributed by atoms with Gasteiger partial charge in [-0.25, -0.2) is 0 Å². The number of likely N-dealkylation sites (tertiary alicyclic amines) is 1. The highest BCUT2D eigenvalue weighted by atomic mass is 32.1. The second kappa shape index (κ2) is 4.21. The maximum atomic E-state index is 8.81. The van der Waals surface area contributed by atoms with Crippen LogP contribution < -0.4 is 0 Å². The molecule has 2 nitrogen and oxygen atoms in total. The maximum absolute atomic E-state index is 8.81. The summed E-state index contributed by atoms with van der Waals surface area (Å²) in [6, 6.07) is 0. The van der Waals surface area contributed by atoms with Crippen molar-refractivity contribution in [2.75, 3.05) is 32.0 Å². The van der Waals surface area contributed by atoms with Gasteiger partial charge in [0.05, 0.1) is 0 Å². The van der Waals surface area contributed by atoms with Crippen LogP contribution in [0.1, 0.15) is 6.42 Å². The molecule has 1 aliphatic rings. The van der Waals surface area contributed by atoms with E-state index in [0.29, 0.717) is 12.5 Å². The van der Waals surface area contributed by atoms with Crippen LogP contribution >= 0.6 is 12.6 Å². The van der Waals surface area contributed by atoms with E-state index in [-0.39, 0.29) is 0 Å². The van der Waals surface area contributed by atoms with Gasteiger partial charge in [-0.2, -0.15) is 12.6 Å². The molecule has 0 amide bonds. The Morgan fingerprint density at radius 1 is 1.60 bits per heavy atom. The molecule has 0 radical (unpaired) electrons. The van der Waals surface area contributed by atoms with E-state index >= 15 is 0 Å². The Morgan fingerprint density at radius 3 is 2.90 bits per heavy atom. The van der Waals surface area contributed by atoms with Gasteiger partial charge in [-0.05, 0) is 18.9 Å². The van der Waals surface area contributed by atoms with Gasteiger partial charge in [0.25, 0.3) is 0 Å². The summed E-state index contributed by atoms with van der Waals surface area (Å²) in [4.78, 5) is 2.36. The van der Waals surface area contributed by atoms with E-state index in [4.69, 9.17) is 5.11 Å².